The molecule has 0 aromatic heterocycles. The lowest BCUT2D eigenvalue weighted by Crippen LogP contribution is -2.24. The predicted molar refractivity (Wildman–Crippen MR) is 36.0 cm³/mol. The van der Waals surface area contributed by atoms with Crippen LogP contribution in [0.4, 0.5) is 0 Å². The molecule has 4 heteroatoms. The Bertz CT molecular complexity index is 231. The molecule has 0 saturated carbocycles. The van der Waals surface area contributed by atoms with Gasteiger partial charge in [-0.15, -0.1) is 0 Å². The number of hydrogen-bond acceptors (Lipinski definition) is 4. The summed E-state index contributed by atoms with van der Waals surface area (Å²) < 4.78 is 0. The summed E-state index contributed by atoms with van der Waals surface area (Å²) in [6.45, 7) is 0.736. The van der Waals surface area contributed by atoms with Crippen molar-refractivity contribution < 1.29 is 5.21 Å². The van der Waals surface area contributed by atoms with Gasteiger partial charge in [-0.1, -0.05) is 0 Å². The molecule has 2 aliphatic rings. The Hall–Kier alpha value is -1.29. The fourth-order valence-corrected chi connectivity index (χ4v) is 0.970. The average Bonchev–Trinajstić information content (AvgIpc) is 2.34. The molecule has 0 aromatic rings. The van der Waals surface area contributed by atoms with Crippen molar-refractivity contribution in [3.8, 4) is 0 Å². The van der Waals surface area contributed by atoms with Crippen LogP contribution in [0, 0.1) is 0 Å². The van der Waals surface area contributed by atoms with Gasteiger partial charge in [0.1, 0.15) is 0 Å². The molecular weight excluding hydrogens is 130 g/mol. The summed E-state index contributed by atoms with van der Waals surface area (Å²) in [7, 11) is 0. The summed E-state index contributed by atoms with van der Waals surface area (Å²) in [6.07, 6.45) is 6.79. The van der Waals surface area contributed by atoms with Crippen LogP contribution in [0.25, 0.3) is 0 Å². The maximum absolute atomic E-state index is 9.09. The van der Waals surface area contributed by atoms with E-state index in [1.54, 1.807) is 24.8 Å². The molecule has 0 amide bonds. The van der Waals surface area contributed by atoms with Crippen molar-refractivity contribution in [1.29, 1.82) is 0 Å². The molecule has 0 aliphatic carbocycles. The lowest BCUT2D eigenvalue weighted by atomic mass is 10.5. The molecule has 4 nitrogen and oxygen atoms in total. The predicted octanol–water partition coefficient (Wildman–Crippen LogP) is 0.348. The second-order valence-electron chi connectivity index (χ2n) is 2.11. The largest absolute Gasteiger partial charge is 0.324 e. The van der Waals surface area contributed by atoms with Gasteiger partial charge >= 0.3 is 0 Å². The van der Waals surface area contributed by atoms with Gasteiger partial charge < -0.3 is 4.90 Å². The van der Waals surface area contributed by atoms with E-state index in [-0.39, 0.29) is 0 Å². The van der Waals surface area contributed by atoms with Crippen molar-refractivity contribution in [2.45, 2.75) is 0 Å². The van der Waals surface area contributed by atoms with Crippen LogP contribution >= 0.6 is 0 Å². The van der Waals surface area contributed by atoms with Crippen LogP contribution in [-0.2, 0) is 0 Å². The topological polar surface area (TPSA) is 39.1 Å². The highest BCUT2D eigenvalue weighted by molar-refractivity contribution is 5.63. The zero-order valence-electron chi connectivity index (χ0n) is 5.31. The molecule has 0 bridgehead atoms. The monoisotopic (exact) mass is 137 g/mol. The number of rotatable bonds is 0. The van der Waals surface area contributed by atoms with Gasteiger partial charge in [0, 0.05) is 12.4 Å². The molecule has 2 heterocycles. The van der Waals surface area contributed by atoms with Gasteiger partial charge in [0.05, 0.1) is 18.9 Å². The van der Waals surface area contributed by atoms with Gasteiger partial charge in [-0.2, -0.15) is 0 Å². The minimum Gasteiger partial charge on any atom is -0.324 e. The molecule has 0 fully saturated rings. The van der Waals surface area contributed by atoms with Gasteiger partial charge in [0.25, 0.3) is 0 Å². The zero-order chi connectivity index (χ0) is 6.97. The van der Waals surface area contributed by atoms with E-state index in [4.69, 9.17) is 5.21 Å². The Morgan fingerprint density at radius 2 is 2.40 bits per heavy atom. The number of hydroxylamine groups is 2. The van der Waals surface area contributed by atoms with Crippen LogP contribution in [0.15, 0.2) is 29.4 Å². The number of fused-ring (bicyclic) bond motifs is 1. The van der Waals surface area contributed by atoms with Gasteiger partial charge in [-0.25, -0.2) is 5.06 Å². The Kier molecular flexibility index (Phi) is 1.01. The van der Waals surface area contributed by atoms with E-state index in [1.807, 2.05) is 4.90 Å². The third-order valence-electron chi connectivity index (χ3n) is 1.49. The van der Waals surface area contributed by atoms with Crippen molar-refractivity contribution in [3.63, 3.8) is 0 Å². The highest BCUT2D eigenvalue weighted by Crippen LogP contribution is 2.17. The van der Waals surface area contributed by atoms with Crippen LogP contribution in [0.2, 0.25) is 0 Å². The first-order valence-electron chi connectivity index (χ1n) is 3.03. The summed E-state index contributed by atoms with van der Waals surface area (Å²) in [6, 6.07) is 0. The highest BCUT2D eigenvalue weighted by atomic mass is 16.5. The molecule has 0 radical (unpaired) electrons. The Labute approximate surface area is 58.3 Å². The minimum atomic E-state index is 0.711. The molecule has 10 heavy (non-hydrogen) atoms. The lowest BCUT2D eigenvalue weighted by molar-refractivity contribution is -0.0131. The SMILES string of the molecule is ON1C=CN2CC=NC=C12. The van der Waals surface area contributed by atoms with E-state index in [1.165, 1.54) is 0 Å². The number of aliphatic imine (C=N–C) groups is 1. The lowest BCUT2D eigenvalue weighted by Gasteiger charge is -2.20. The van der Waals surface area contributed by atoms with E-state index in [0.29, 0.717) is 5.82 Å². The first kappa shape index (κ1) is 5.49. The Morgan fingerprint density at radius 1 is 1.50 bits per heavy atom. The third-order valence-corrected chi connectivity index (χ3v) is 1.49. The fraction of sp³-hybridized carbons (Fsp3) is 0.167. The quantitative estimate of drug-likeness (QED) is 0.523. The van der Waals surface area contributed by atoms with E-state index in [9.17, 15) is 0 Å². The summed E-state index contributed by atoms with van der Waals surface area (Å²) >= 11 is 0. The highest BCUT2D eigenvalue weighted by Gasteiger charge is 2.18. The molecule has 0 unspecified atom stereocenters. The summed E-state index contributed by atoms with van der Waals surface area (Å²) in [4.78, 5) is 5.80. The van der Waals surface area contributed by atoms with E-state index in [0.717, 1.165) is 11.6 Å². The maximum Gasteiger partial charge on any atom is 0.156 e. The van der Waals surface area contributed by atoms with Crippen LogP contribution in [0.5, 0.6) is 0 Å². The number of hydrogen-bond donors (Lipinski definition) is 1. The Balaban J connectivity index is 2.32. The molecular formula is C6H7N3O. The van der Waals surface area contributed by atoms with Crippen LogP contribution in [0.1, 0.15) is 0 Å². The van der Waals surface area contributed by atoms with E-state index >= 15 is 0 Å². The second-order valence-corrected chi connectivity index (χ2v) is 2.11. The van der Waals surface area contributed by atoms with Crippen LogP contribution in [0.3, 0.4) is 0 Å². The smallest absolute Gasteiger partial charge is 0.156 e. The van der Waals surface area contributed by atoms with E-state index < -0.39 is 0 Å². The first-order valence-corrected chi connectivity index (χ1v) is 3.03. The van der Waals surface area contributed by atoms with Gasteiger partial charge in [-0.05, 0) is 0 Å². The average molecular weight is 137 g/mol. The van der Waals surface area contributed by atoms with Crippen molar-refractivity contribution >= 4 is 6.21 Å². The molecule has 0 aromatic carbocycles. The second kappa shape index (κ2) is 1.85. The summed E-state index contributed by atoms with van der Waals surface area (Å²) in [5.41, 5.74) is 0. The van der Waals surface area contributed by atoms with Crippen molar-refractivity contribution in [2.75, 3.05) is 6.54 Å². The van der Waals surface area contributed by atoms with Gasteiger partial charge in [-0.3, -0.25) is 10.2 Å². The van der Waals surface area contributed by atoms with Crippen molar-refractivity contribution in [1.82, 2.24) is 9.96 Å². The van der Waals surface area contributed by atoms with Crippen molar-refractivity contribution in [2.24, 2.45) is 4.99 Å². The number of nitrogens with zero attached hydrogens (tertiary/aromatic N) is 3. The minimum absolute atomic E-state index is 0.711. The standard InChI is InChI=1S/C6H7N3O/c10-9-4-3-8-2-1-7-5-6(8)9/h1,3-5,10H,2H2. The van der Waals surface area contributed by atoms with E-state index in [2.05, 4.69) is 4.99 Å². The molecule has 2 rings (SSSR count). The third kappa shape index (κ3) is 0.625. The summed E-state index contributed by atoms with van der Waals surface area (Å²) in [5.74, 6) is 0.711. The zero-order valence-corrected chi connectivity index (χ0v) is 5.31. The fourth-order valence-electron chi connectivity index (χ4n) is 0.970. The molecule has 0 saturated heterocycles. The van der Waals surface area contributed by atoms with Crippen LogP contribution < -0.4 is 0 Å². The normalized spacial score (nSPS) is 21.5. The summed E-state index contributed by atoms with van der Waals surface area (Å²) in [5, 5.41) is 10.1. The molecule has 0 atom stereocenters. The molecule has 52 valence electrons. The van der Waals surface area contributed by atoms with Gasteiger partial charge in [0.2, 0.25) is 0 Å². The first-order chi connectivity index (χ1) is 4.88. The van der Waals surface area contributed by atoms with Crippen molar-refractivity contribution in [3.05, 3.63) is 24.4 Å². The molecule has 2 aliphatic heterocycles. The van der Waals surface area contributed by atoms with Crippen LogP contribution in [-0.4, -0.2) is 27.9 Å². The molecule has 1 N–H and O–H groups in total. The maximum atomic E-state index is 9.09. The Morgan fingerprint density at radius 3 is 3.20 bits per heavy atom. The molecule has 0 spiro atoms. The van der Waals surface area contributed by atoms with Gasteiger partial charge in [0.15, 0.2) is 5.82 Å².